The van der Waals surface area contributed by atoms with Gasteiger partial charge in [-0.15, -0.1) is 0 Å². The molecule has 1 fully saturated rings. The van der Waals surface area contributed by atoms with E-state index in [2.05, 4.69) is 36.5 Å². The summed E-state index contributed by atoms with van der Waals surface area (Å²) in [6, 6.07) is 7.82. The molecule has 2 aromatic rings. The van der Waals surface area contributed by atoms with E-state index in [1.54, 1.807) is 6.20 Å². The molecule has 2 heterocycles. The normalized spacial score (nSPS) is 13.9. The molecule has 1 aliphatic heterocycles. The lowest BCUT2D eigenvalue weighted by Crippen LogP contribution is -2.27. The van der Waals surface area contributed by atoms with E-state index in [0.717, 1.165) is 54.0 Å². The van der Waals surface area contributed by atoms with Crippen molar-refractivity contribution in [1.82, 2.24) is 14.9 Å². The molecule has 0 bridgehead atoms. The molecule has 1 amide bonds. The van der Waals surface area contributed by atoms with Crippen LogP contribution in [0.25, 0.3) is 0 Å². The highest BCUT2D eigenvalue weighted by Gasteiger charge is 2.19. The fourth-order valence-electron chi connectivity index (χ4n) is 2.98. The fraction of sp³-hybridized carbons (Fsp3) is 0.421. The Morgan fingerprint density at radius 1 is 1.26 bits per heavy atom. The summed E-state index contributed by atoms with van der Waals surface area (Å²) in [5.41, 5.74) is 1.97. The first-order chi connectivity index (χ1) is 13.2. The first kappa shape index (κ1) is 19.6. The molecule has 1 saturated heterocycles. The van der Waals surface area contributed by atoms with Crippen molar-refractivity contribution in [3.63, 3.8) is 0 Å². The van der Waals surface area contributed by atoms with E-state index in [-0.39, 0.29) is 12.5 Å². The predicted molar refractivity (Wildman–Crippen MR) is 109 cm³/mol. The van der Waals surface area contributed by atoms with Gasteiger partial charge in [0.15, 0.2) is 0 Å². The number of carbonyl (C=O) groups is 1. The van der Waals surface area contributed by atoms with Gasteiger partial charge in [-0.05, 0) is 52.9 Å². The Bertz CT molecular complexity index is 769. The number of aliphatic hydroxyl groups excluding tert-OH is 1. The van der Waals surface area contributed by atoms with Crippen LogP contribution < -0.4 is 10.6 Å². The highest BCUT2D eigenvalue weighted by atomic mass is 79.9. The highest BCUT2D eigenvalue weighted by Crippen LogP contribution is 2.22. The Kier molecular flexibility index (Phi) is 7.00. The van der Waals surface area contributed by atoms with E-state index in [1.165, 1.54) is 0 Å². The molecule has 7 nitrogen and oxygen atoms in total. The van der Waals surface area contributed by atoms with Crippen LogP contribution in [0.2, 0.25) is 0 Å². The zero-order valence-corrected chi connectivity index (χ0v) is 16.7. The third-order valence-electron chi connectivity index (χ3n) is 4.42. The van der Waals surface area contributed by atoms with Crippen LogP contribution in [-0.4, -0.2) is 52.1 Å². The van der Waals surface area contributed by atoms with Gasteiger partial charge in [-0.3, -0.25) is 4.79 Å². The second kappa shape index (κ2) is 9.66. The minimum atomic E-state index is 0.142. The number of nitrogens with one attached hydrogen (secondary N) is 2. The van der Waals surface area contributed by atoms with Crippen molar-refractivity contribution >= 4 is 39.3 Å². The van der Waals surface area contributed by atoms with E-state index in [9.17, 15) is 4.79 Å². The Morgan fingerprint density at radius 2 is 2.07 bits per heavy atom. The van der Waals surface area contributed by atoms with Crippen LogP contribution in [0.5, 0.6) is 0 Å². The van der Waals surface area contributed by atoms with Crippen LogP contribution in [0.4, 0.5) is 17.5 Å². The van der Waals surface area contributed by atoms with Gasteiger partial charge < -0.3 is 20.6 Å². The maximum atomic E-state index is 11.6. The maximum absolute atomic E-state index is 11.6. The lowest BCUT2D eigenvalue weighted by molar-refractivity contribution is -0.127. The maximum Gasteiger partial charge on any atom is 0.229 e. The molecule has 0 radical (unpaired) electrons. The van der Waals surface area contributed by atoms with Crippen LogP contribution >= 0.6 is 15.9 Å². The number of amides is 1. The van der Waals surface area contributed by atoms with E-state index in [0.29, 0.717) is 18.8 Å². The van der Waals surface area contributed by atoms with Crippen molar-refractivity contribution in [2.75, 3.05) is 36.9 Å². The second-order valence-corrected chi connectivity index (χ2v) is 7.30. The number of nitrogens with zero attached hydrogens (tertiary/aromatic N) is 3. The summed E-state index contributed by atoms with van der Waals surface area (Å²) in [6.07, 6.45) is 4.88. The minimum absolute atomic E-state index is 0.142. The Balaban J connectivity index is 1.53. The number of likely N-dealkylation sites (tertiary alicyclic amines) is 1. The number of aromatic nitrogens is 2. The zero-order chi connectivity index (χ0) is 19.1. The number of carbonyl (C=O) groups excluding carboxylic acids is 1. The van der Waals surface area contributed by atoms with Gasteiger partial charge in [0.05, 0.1) is 4.47 Å². The van der Waals surface area contributed by atoms with E-state index in [1.807, 2.05) is 29.2 Å². The third-order valence-corrected chi connectivity index (χ3v) is 5.00. The van der Waals surface area contributed by atoms with Crippen molar-refractivity contribution in [2.45, 2.75) is 25.7 Å². The summed E-state index contributed by atoms with van der Waals surface area (Å²) in [4.78, 5) is 22.3. The molecule has 144 valence electrons. The number of benzene rings is 1. The summed E-state index contributed by atoms with van der Waals surface area (Å²) < 4.78 is 0.795. The lowest BCUT2D eigenvalue weighted by atomic mass is 10.1. The Morgan fingerprint density at radius 3 is 2.78 bits per heavy atom. The quantitative estimate of drug-likeness (QED) is 0.526. The van der Waals surface area contributed by atoms with Crippen LogP contribution in [0.1, 0.15) is 24.8 Å². The highest BCUT2D eigenvalue weighted by molar-refractivity contribution is 9.10. The SMILES string of the molecule is O=C1CCCN1CCCNc1nc(Nc2ccc(CCO)cc2)ncc1Br. The topological polar surface area (TPSA) is 90.4 Å². The molecule has 27 heavy (non-hydrogen) atoms. The van der Waals surface area contributed by atoms with Gasteiger partial charge in [0, 0.05) is 44.5 Å². The first-order valence-electron chi connectivity index (χ1n) is 9.17. The smallest absolute Gasteiger partial charge is 0.229 e. The summed E-state index contributed by atoms with van der Waals surface area (Å²) >= 11 is 3.47. The number of rotatable bonds is 9. The molecule has 0 aliphatic carbocycles. The minimum Gasteiger partial charge on any atom is -0.396 e. The predicted octanol–water partition coefficient (Wildman–Crippen LogP) is 2.94. The Labute approximate surface area is 167 Å². The monoisotopic (exact) mass is 433 g/mol. The van der Waals surface area contributed by atoms with Crippen LogP contribution in [0.15, 0.2) is 34.9 Å². The fourth-order valence-corrected chi connectivity index (χ4v) is 3.31. The van der Waals surface area contributed by atoms with Gasteiger partial charge in [0.2, 0.25) is 11.9 Å². The molecule has 1 aliphatic rings. The molecule has 0 spiro atoms. The standard InChI is InChI=1S/C19H24BrN5O2/c20-16-13-22-19(23-15-6-4-14(5-7-15)8-12-26)24-18(16)21-9-2-11-25-10-1-3-17(25)27/h4-7,13,26H,1-3,8-12H2,(H2,21,22,23,24). The van der Waals surface area contributed by atoms with Crippen molar-refractivity contribution < 1.29 is 9.90 Å². The summed E-state index contributed by atoms with van der Waals surface area (Å²) in [6.45, 7) is 2.53. The molecule has 1 aromatic heterocycles. The first-order valence-corrected chi connectivity index (χ1v) is 9.96. The molecule has 0 unspecified atom stereocenters. The van der Waals surface area contributed by atoms with Crippen molar-refractivity contribution in [3.05, 3.63) is 40.5 Å². The van der Waals surface area contributed by atoms with Crippen molar-refractivity contribution in [1.29, 1.82) is 0 Å². The van der Waals surface area contributed by atoms with Crippen LogP contribution in [0.3, 0.4) is 0 Å². The second-order valence-electron chi connectivity index (χ2n) is 6.45. The van der Waals surface area contributed by atoms with Gasteiger partial charge in [-0.1, -0.05) is 12.1 Å². The molecular weight excluding hydrogens is 410 g/mol. The molecule has 3 rings (SSSR count). The largest absolute Gasteiger partial charge is 0.396 e. The van der Waals surface area contributed by atoms with Crippen molar-refractivity contribution in [3.8, 4) is 0 Å². The van der Waals surface area contributed by atoms with Gasteiger partial charge >= 0.3 is 0 Å². The molecule has 0 saturated carbocycles. The zero-order valence-electron chi connectivity index (χ0n) is 15.1. The van der Waals surface area contributed by atoms with Crippen molar-refractivity contribution in [2.24, 2.45) is 0 Å². The molecule has 0 atom stereocenters. The molecule has 3 N–H and O–H groups in total. The summed E-state index contributed by atoms with van der Waals surface area (Å²) in [7, 11) is 0. The van der Waals surface area contributed by atoms with E-state index < -0.39 is 0 Å². The number of hydrogen-bond acceptors (Lipinski definition) is 6. The third kappa shape index (κ3) is 5.64. The van der Waals surface area contributed by atoms with E-state index in [4.69, 9.17) is 5.11 Å². The van der Waals surface area contributed by atoms with Crippen LogP contribution in [-0.2, 0) is 11.2 Å². The summed E-state index contributed by atoms with van der Waals surface area (Å²) in [5.74, 6) is 1.48. The van der Waals surface area contributed by atoms with Gasteiger partial charge in [-0.2, -0.15) is 4.98 Å². The Hall–Kier alpha value is -2.19. The number of hydrogen-bond donors (Lipinski definition) is 3. The van der Waals surface area contributed by atoms with Gasteiger partial charge in [0.25, 0.3) is 0 Å². The number of aliphatic hydroxyl groups is 1. The number of halogens is 1. The summed E-state index contributed by atoms with van der Waals surface area (Å²) in [5, 5.41) is 15.5. The number of anilines is 3. The van der Waals surface area contributed by atoms with E-state index >= 15 is 0 Å². The average Bonchev–Trinajstić information content (AvgIpc) is 3.08. The average molecular weight is 434 g/mol. The van der Waals surface area contributed by atoms with Gasteiger partial charge in [0.1, 0.15) is 5.82 Å². The molecular formula is C19H24BrN5O2. The molecule has 1 aromatic carbocycles. The van der Waals surface area contributed by atoms with Gasteiger partial charge in [-0.25, -0.2) is 4.98 Å². The van der Waals surface area contributed by atoms with Crippen LogP contribution in [0, 0.1) is 0 Å². The lowest BCUT2D eigenvalue weighted by Gasteiger charge is -2.16. The molecule has 8 heteroatoms.